The highest BCUT2D eigenvalue weighted by molar-refractivity contribution is 5.64. The Hall–Kier alpha value is -1.29. The molecule has 62 valence electrons. The number of aliphatic hydroxyl groups is 1. The second-order valence-corrected chi connectivity index (χ2v) is 1.77. The van der Waals surface area contributed by atoms with Gasteiger partial charge in [0.1, 0.15) is 6.61 Å². The molecule has 0 saturated carbocycles. The van der Waals surface area contributed by atoms with Crippen molar-refractivity contribution in [3.63, 3.8) is 0 Å². The smallest absolute Gasteiger partial charge is 0.404 e. The summed E-state index contributed by atoms with van der Waals surface area (Å²) in [6.45, 7) is 3.38. The lowest BCUT2D eigenvalue weighted by Gasteiger charge is -1.97. The van der Waals surface area contributed by atoms with Crippen molar-refractivity contribution in [3.05, 3.63) is 24.3 Å². The zero-order valence-corrected chi connectivity index (χ0v) is 6.12. The van der Waals surface area contributed by atoms with Gasteiger partial charge in [0.2, 0.25) is 0 Å². The van der Waals surface area contributed by atoms with Crippen LogP contribution in [0.5, 0.6) is 0 Å². The molecule has 0 radical (unpaired) electrons. The van der Waals surface area contributed by atoms with Crippen LogP contribution in [0.15, 0.2) is 24.3 Å². The van der Waals surface area contributed by atoms with Gasteiger partial charge in [0.05, 0.1) is 6.61 Å². The zero-order valence-electron chi connectivity index (χ0n) is 6.12. The summed E-state index contributed by atoms with van der Waals surface area (Å²) in [6.07, 6.45) is 2.17. The summed E-state index contributed by atoms with van der Waals surface area (Å²) in [6, 6.07) is 0. The molecule has 0 aliphatic heterocycles. The number of primary amides is 1. The summed E-state index contributed by atoms with van der Waals surface area (Å²) in [4.78, 5) is 10.0. The Labute approximate surface area is 65.0 Å². The maximum absolute atomic E-state index is 10.0. The molecule has 0 aliphatic carbocycles. The molecule has 1 amide bonds. The minimum Gasteiger partial charge on any atom is -0.445 e. The second-order valence-electron chi connectivity index (χ2n) is 1.77. The Morgan fingerprint density at radius 2 is 2.36 bits per heavy atom. The van der Waals surface area contributed by atoms with Crippen LogP contribution in [0, 0.1) is 0 Å². The van der Waals surface area contributed by atoms with Crippen molar-refractivity contribution in [2.24, 2.45) is 5.73 Å². The minimum atomic E-state index is -0.831. The molecule has 4 heteroatoms. The Balaban J connectivity index is 3.70. The van der Waals surface area contributed by atoms with E-state index in [9.17, 15) is 4.79 Å². The first-order chi connectivity index (χ1) is 5.20. The second kappa shape index (κ2) is 5.49. The van der Waals surface area contributed by atoms with Crippen LogP contribution in [0.4, 0.5) is 4.79 Å². The summed E-state index contributed by atoms with van der Waals surface area (Å²) >= 11 is 0. The average molecular weight is 157 g/mol. The number of hydrogen-bond acceptors (Lipinski definition) is 3. The van der Waals surface area contributed by atoms with Gasteiger partial charge in [-0.3, -0.25) is 0 Å². The average Bonchev–Trinajstić information content (AvgIpc) is 1.98. The number of carbonyl (C=O) groups excluding carboxylic acids is 1. The van der Waals surface area contributed by atoms with Crippen LogP contribution in [-0.4, -0.2) is 24.4 Å². The third-order valence-corrected chi connectivity index (χ3v) is 1.02. The van der Waals surface area contributed by atoms with E-state index < -0.39 is 6.09 Å². The minimum absolute atomic E-state index is 0.0667. The number of nitrogens with two attached hydrogens (primary N) is 1. The van der Waals surface area contributed by atoms with Crippen LogP contribution < -0.4 is 5.73 Å². The van der Waals surface area contributed by atoms with Gasteiger partial charge in [0.15, 0.2) is 0 Å². The lowest BCUT2D eigenvalue weighted by molar-refractivity contribution is 0.169. The molecular formula is C7H11NO3. The van der Waals surface area contributed by atoms with Crippen molar-refractivity contribution in [3.8, 4) is 0 Å². The first-order valence-electron chi connectivity index (χ1n) is 3.05. The van der Waals surface area contributed by atoms with E-state index in [-0.39, 0.29) is 13.2 Å². The van der Waals surface area contributed by atoms with Crippen LogP contribution in [-0.2, 0) is 4.74 Å². The fraction of sp³-hybridized carbons (Fsp3) is 0.286. The molecule has 0 bridgehead atoms. The Morgan fingerprint density at radius 3 is 2.73 bits per heavy atom. The molecule has 0 aromatic rings. The van der Waals surface area contributed by atoms with Crippen LogP contribution in [0.2, 0.25) is 0 Å². The maximum Gasteiger partial charge on any atom is 0.404 e. The van der Waals surface area contributed by atoms with Crippen LogP contribution in [0.25, 0.3) is 0 Å². The van der Waals surface area contributed by atoms with E-state index in [0.29, 0.717) is 5.57 Å². The molecule has 0 atom stereocenters. The molecule has 11 heavy (non-hydrogen) atoms. The first-order valence-corrected chi connectivity index (χ1v) is 3.05. The molecule has 0 saturated heterocycles. The number of hydrogen-bond donors (Lipinski definition) is 2. The number of ether oxygens (including phenoxy) is 1. The van der Waals surface area contributed by atoms with Gasteiger partial charge in [-0.1, -0.05) is 12.7 Å². The molecule has 4 nitrogen and oxygen atoms in total. The predicted molar refractivity (Wildman–Crippen MR) is 40.9 cm³/mol. The van der Waals surface area contributed by atoms with Crippen molar-refractivity contribution in [1.82, 2.24) is 0 Å². The number of aliphatic hydroxyl groups excluding tert-OH is 1. The Bertz CT molecular complexity index is 175. The first kappa shape index (κ1) is 9.71. The van der Waals surface area contributed by atoms with Crippen molar-refractivity contribution < 1.29 is 14.6 Å². The SMILES string of the molecule is C=C/C(=C/COC(N)=O)CO. The van der Waals surface area contributed by atoms with E-state index in [4.69, 9.17) is 5.11 Å². The highest BCUT2D eigenvalue weighted by atomic mass is 16.5. The number of carbonyl (C=O) groups is 1. The van der Waals surface area contributed by atoms with Crippen LogP contribution >= 0.6 is 0 Å². The summed E-state index contributed by atoms with van der Waals surface area (Å²) < 4.78 is 4.38. The molecule has 0 unspecified atom stereocenters. The number of amides is 1. The van der Waals surface area contributed by atoms with Gasteiger partial charge >= 0.3 is 6.09 Å². The topological polar surface area (TPSA) is 72.5 Å². The van der Waals surface area contributed by atoms with Gasteiger partial charge in [-0.15, -0.1) is 0 Å². The number of rotatable bonds is 4. The lowest BCUT2D eigenvalue weighted by Crippen LogP contribution is -2.13. The standard InChI is InChI=1S/C7H11NO3/c1-2-6(5-9)3-4-11-7(8)10/h2-3,9H,1,4-5H2,(H2,8,10)/b6-3-. The molecule has 0 fully saturated rings. The zero-order chi connectivity index (χ0) is 8.69. The summed E-state index contributed by atoms with van der Waals surface area (Å²) in [7, 11) is 0. The van der Waals surface area contributed by atoms with Gasteiger partial charge in [-0.2, -0.15) is 0 Å². The van der Waals surface area contributed by atoms with Gasteiger partial charge in [0, 0.05) is 0 Å². The Morgan fingerprint density at radius 1 is 1.73 bits per heavy atom. The fourth-order valence-corrected chi connectivity index (χ4v) is 0.443. The van der Waals surface area contributed by atoms with Gasteiger partial charge in [-0.25, -0.2) is 4.79 Å². The van der Waals surface area contributed by atoms with Crippen LogP contribution in [0.1, 0.15) is 0 Å². The van der Waals surface area contributed by atoms with Gasteiger partial charge in [-0.05, 0) is 11.6 Å². The van der Waals surface area contributed by atoms with E-state index in [1.54, 1.807) is 0 Å². The Kier molecular flexibility index (Phi) is 4.85. The van der Waals surface area contributed by atoms with E-state index in [0.717, 1.165) is 0 Å². The monoisotopic (exact) mass is 157 g/mol. The molecule has 0 aromatic heterocycles. The third kappa shape index (κ3) is 5.17. The fourth-order valence-electron chi connectivity index (χ4n) is 0.443. The van der Waals surface area contributed by atoms with E-state index in [1.165, 1.54) is 12.2 Å². The van der Waals surface area contributed by atoms with Crippen molar-refractivity contribution in [2.45, 2.75) is 0 Å². The molecule has 0 aromatic carbocycles. The van der Waals surface area contributed by atoms with Crippen LogP contribution in [0.3, 0.4) is 0 Å². The molecule has 0 heterocycles. The van der Waals surface area contributed by atoms with Gasteiger partial charge < -0.3 is 15.6 Å². The molecule has 0 aliphatic rings. The van der Waals surface area contributed by atoms with Crippen molar-refractivity contribution in [2.75, 3.05) is 13.2 Å². The predicted octanol–water partition coefficient (Wildman–Crippen LogP) is 0.186. The normalized spacial score (nSPS) is 10.8. The lowest BCUT2D eigenvalue weighted by atomic mass is 10.3. The molecule has 0 rings (SSSR count). The summed E-state index contributed by atoms with van der Waals surface area (Å²) in [5.74, 6) is 0. The highest BCUT2D eigenvalue weighted by Gasteiger charge is 1.90. The third-order valence-electron chi connectivity index (χ3n) is 1.02. The van der Waals surface area contributed by atoms with E-state index >= 15 is 0 Å². The van der Waals surface area contributed by atoms with E-state index in [1.807, 2.05) is 0 Å². The van der Waals surface area contributed by atoms with Crippen molar-refractivity contribution in [1.29, 1.82) is 0 Å². The van der Waals surface area contributed by atoms with Gasteiger partial charge in [0.25, 0.3) is 0 Å². The quantitative estimate of drug-likeness (QED) is 0.572. The summed E-state index contributed by atoms with van der Waals surface area (Å²) in [5.41, 5.74) is 5.29. The van der Waals surface area contributed by atoms with E-state index in [2.05, 4.69) is 17.0 Å². The molecule has 3 N–H and O–H groups in total. The molecular weight excluding hydrogens is 146 g/mol. The highest BCUT2D eigenvalue weighted by Crippen LogP contribution is 1.92. The largest absolute Gasteiger partial charge is 0.445 e. The van der Waals surface area contributed by atoms with Crippen molar-refractivity contribution >= 4 is 6.09 Å². The maximum atomic E-state index is 10.0. The summed E-state index contributed by atoms with van der Waals surface area (Å²) in [5, 5.41) is 8.58. The molecule has 0 spiro atoms.